The van der Waals surface area contributed by atoms with Crippen LogP contribution in [0.2, 0.25) is 0 Å². The summed E-state index contributed by atoms with van der Waals surface area (Å²) in [5.41, 5.74) is 0.173. The first-order valence-electron chi connectivity index (χ1n) is 5.02. The van der Waals surface area contributed by atoms with Crippen molar-refractivity contribution in [2.45, 2.75) is 6.92 Å². The fourth-order valence-corrected chi connectivity index (χ4v) is 1.11. The van der Waals surface area contributed by atoms with Crippen LogP contribution in [-0.2, 0) is 14.5 Å². The maximum Gasteiger partial charge on any atom is 0.381 e. The number of amides is 2. The van der Waals surface area contributed by atoms with Crippen LogP contribution in [0.4, 0.5) is 16.2 Å². The van der Waals surface area contributed by atoms with Crippen LogP contribution in [-0.4, -0.2) is 29.3 Å². The maximum absolute atomic E-state index is 11.6. The van der Waals surface area contributed by atoms with Gasteiger partial charge in [-0.25, -0.2) is 14.4 Å². The number of nitro benzene ring substituents is 1. The zero-order valence-electron chi connectivity index (χ0n) is 10.2. The van der Waals surface area contributed by atoms with Crippen molar-refractivity contribution >= 4 is 23.4 Å². The van der Waals surface area contributed by atoms with E-state index in [0.717, 1.165) is 14.0 Å². The second kappa shape index (κ2) is 6.31. The largest absolute Gasteiger partial charge is 0.381 e. The van der Waals surface area contributed by atoms with E-state index in [1.807, 2.05) is 0 Å². The first-order valence-corrected chi connectivity index (χ1v) is 5.02. The Morgan fingerprint density at radius 1 is 1.32 bits per heavy atom. The number of nitrogens with zero attached hydrogens (tertiary/aromatic N) is 2. The number of anilines is 1. The Labute approximate surface area is 107 Å². The summed E-state index contributed by atoms with van der Waals surface area (Å²) in [5, 5.41) is 13.1. The average molecular weight is 269 g/mol. The predicted octanol–water partition coefficient (Wildman–Crippen LogP) is 1.47. The molecule has 0 bridgehead atoms. The van der Waals surface area contributed by atoms with Gasteiger partial charge in [0.15, 0.2) is 0 Å². The monoisotopic (exact) mass is 269 g/mol. The van der Waals surface area contributed by atoms with Gasteiger partial charge in [-0.2, -0.15) is 0 Å². The molecule has 0 aliphatic carbocycles. The Morgan fingerprint density at radius 2 is 1.89 bits per heavy atom. The van der Waals surface area contributed by atoms with Gasteiger partial charge >= 0.3 is 12.0 Å². The average Bonchev–Trinajstić information content (AvgIpc) is 2.36. The summed E-state index contributed by atoms with van der Waals surface area (Å²) in [6.45, 7) is 1.10. The van der Waals surface area contributed by atoms with E-state index in [-0.39, 0.29) is 11.4 Å². The minimum absolute atomic E-state index is 0.110. The number of non-ortho nitro benzene ring substituents is 1. The van der Waals surface area contributed by atoms with Crippen LogP contribution >= 0.6 is 0 Å². The smallest absolute Gasteiger partial charge is 0.310 e. The van der Waals surface area contributed by atoms with E-state index in [1.54, 1.807) is 0 Å². The molecule has 0 fully saturated rings. The zero-order chi connectivity index (χ0) is 14.4. The number of hydroxylamine groups is 2. The minimum Gasteiger partial charge on any atom is -0.310 e. The predicted molar refractivity (Wildman–Crippen MR) is 62.7 cm³/mol. The van der Waals surface area contributed by atoms with E-state index < -0.39 is 16.9 Å². The van der Waals surface area contributed by atoms with Crippen LogP contribution in [0, 0.1) is 10.1 Å². The van der Waals surface area contributed by atoms with Gasteiger partial charge in [0.25, 0.3) is 5.69 Å². The summed E-state index contributed by atoms with van der Waals surface area (Å²) in [5.74, 6) is -0.735. The summed E-state index contributed by atoms with van der Waals surface area (Å²) >= 11 is 0. The number of benzene rings is 1. The molecule has 0 spiro atoms. The molecule has 0 saturated heterocycles. The maximum atomic E-state index is 11.6. The molecule has 0 unspecified atom stereocenters. The third-order valence-corrected chi connectivity index (χ3v) is 1.87. The summed E-state index contributed by atoms with van der Waals surface area (Å²) in [7, 11) is 1.14. The fraction of sp³-hybridized carbons (Fsp3) is 0.200. The quantitative estimate of drug-likeness (QED) is 0.657. The van der Waals surface area contributed by atoms with Crippen LogP contribution < -0.4 is 5.32 Å². The first-order chi connectivity index (χ1) is 8.93. The molecule has 1 rings (SSSR count). The number of carbonyl (C=O) groups excluding carboxylic acids is 2. The number of hydrogen-bond donors (Lipinski definition) is 1. The molecule has 1 aromatic rings. The SMILES string of the molecule is CON(OC(C)=O)C(=O)Nc1ccc([N+](=O)[O-])cc1. The molecular formula is C10H11N3O6. The van der Waals surface area contributed by atoms with E-state index in [0.29, 0.717) is 5.23 Å². The highest BCUT2D eigenvalue weighted by atomic mass is 17.0. The topological polar surface area (TPSA) is 111 Å². The third kappa shape index (κ3) is 4.24. The highest BCUT2D eigenvalue weighted by molar-refractivity contribution is 5.88. The van der Waals surface area contributed by atoms with Crippen LogP contribution in [0.25, 0.3) is 0 Å². The van der Waals surface area contributed by atoms with Gasteiger partial charge in [-0.15, -0.1) is 0 Å². The van der Waals surface area contributed by atoms with Gasteiger partial charge in [0, 0.05) is 24.7 Å². The van der Waals surface area contributed by atoms with E-state index >= 15 is 0 Å². The number of nitrogens with one attached hydrogen (secondary N) is 1. The highest BCUT2D eigenvalue weighted by Gasteiger charge is 2.17. The number of hydrogen-bond acceptors (Lipinski definition) is 6. The van der Waals surface area contributed by atoms with Gasteiger partial charge in [-0.3, -0.25) is 10.1 Å². The molecule has 102 valence electrons. The molecule has 2 amide bonds. The van der Waals surface area contributed by atoms with Crippen LogP contribution in [0.3, 0.4) is 0 Å². The molecular weight excluding hydrogens is 258 g/mol. The first kappa shape index (κ1) is 14.4. The van der Waals surface area contributed by atoms with Crippen molar-refractivity contribution in [2.75, 3.05) is 12.4 Å². The molecule has 0 radical (unpaired) electrons. The molecule has 0 saturated carbocycles. The van der Waals surface area contributed by atoms with Gasteiger partial charge in [-0.1, -0.05) is 0 Å². The van der Waals surface area contributed by atoms with Crippen molar-refractivity contribution in [3.05, 3.63) is 34.4 Å². The van der Waals surface area contributed by atoms with Gasteiger partial charge in [0.05, 0.1) is 12.0 Å². The molecule has 9 nitrogen and oxygen atoms in total. The van der Waals surface area contributed by atoms with E-state index in [1.165, 1.54) is 24.3 Å². The molecule has 9 heteroatoms. The second-order valence-corrected chi connectivity index (χ2v) is 3.26. The standard InChI is InChI=1S/C10H11N3O6/c1-7(14)19-13(18-2)10(15)11-8-3-5-9(6-4-8)12(16)17/h3-6H,1-2H3,(H,11,15). The molecule has 0 atom stereocenters. The Hall–Kier alpha value is -2.68. The van der Waals surface area contributed by atoms with Gasteiger partial charge in [-0.05, 0) is 17.4 Å². The van der Waals surface area contributed by atoms with Crippen LogP contribution in [0.15, 0.2) is 24.3 Å². The van der Waals surface area contributed by atoms with Crippen molar-refractivity contribution in [3.8, 4) is 0 Å². The lowest BCUT2D eigenvalue weighted by atomic mass is 10.3. The van der Waals surface area contributed by atoms with E-state index in [4.69, 9.17) is 0 Å². The lowest BCUT2D eigenvalue weighted by Gasteiger charge is -2.17. The number of urea groups is 1. The Bertz CT molecular complexity index is 487. The lowest BCUT2D eigenvalue weighted by molar-refractivity contribution is -0.384. The summed E-state index contributed by atoms with van der Waals surface area (Å²) in [6, 6.07) is 4.25. The molecule has 1 aromatic carbocycles. The molecule has 0 aliphatic rings. The Morgan fingerprint density at radius 3 is 2.32 bits per heavy atom. The second-order valence-electron chi connectivity index (χ2n) is 3.26. The van der Waals surface area contributed by atoms with Crippen molar-refractivity contribution in [1.82, 2.24) is 5.23 Å². The van der Waals surface area contributed by atoms with E-state index in [9.17, 15) is 19.7 Å². The number of rotatable bonds is 3. The van der Waals surface area contributed by atoms with Gasteiger partial charge in [0.2, 0.25) is 0 Å². The third-order valence-electron chi connectivity index (χ3n) is 1.87. The molecule has 19 heavy (non-hydrogen) atoms. The lowest BCUT2D eigenvalue weighted by Crippen LogP contribution is -2.35. The van der Waals surface area contributed by atoms with Crippen molar-refractivity contribution in [1.29, 1.82) is 0 Å². The number of nitro groups is 1. The van der Waals surface area contributed by atoms with Crippen LogP contribution in [0.5, 0.6) is 0 Å². The number of carbonyl (C=O) groups is 2. The summed E-state index contributed by atoms with van der Waals surface area (Å²) in [4.78, 5) is 41.1. The van der Waals surface area contributed by atoms with E-state index in [2.05, 4.69) is 15.0 Å². The summed E-state index contributed by atoms with van der Waals surface area (Å²) in [6.07, 6.45) is 0. The Balaban J connectivity index is 2.70. The van der Waals surface area contributed by atoms with Crippen molar-refractivity contribution in [3.63, 3.8) is 0 Å². The highest BCUT2D eigenvalue weighted by Crippen LogP contribution is 2.15. The van der Waals surface area contributed by atoms with Gasteiger partial charge < -0.3 is 10.2 Å². The minimum atomic E-state index is -0.855. The Kier molecular flexibility index (Phi) is 4.77. The fourth-order valence-electron chi connectivity index (χ4n) is 1.11. The molecule has 0 aliphatic heterocycles. The van der Waals surface area contributed by atoms with Gasteiger partial charge in [0.1, 0.15) is 0 Å². The molecule has 1 N–H and O–H groups in total. The van der Waals surface area contributed by atoms with Crippen molar-refractivity contribution in [2.24, 2.45) is 0 Å². The van der Waals surface area contributed by atoms with Crippen molar-refractivity contribution < 1.29 is 24.2 Å². The zero-order valence-corrected chi connectivity index (χ0v) is 10.2. The normalized spacial score (nSPS) is 9.58. The van der Waals surface area contributed by atoms with Crippen LogP contribution in [0.1, 0.15) is 6.92 Å². The molecule has 0 heterocycles. The molecule has 0 aromatic heterocycles. The summed E-state index contributed by atoms with van der Waals surface area (Å²) < 4.78 is 0.